The van der Waals surface area contributed by atoms with Crippen LogP contribution in [-0.2, 0) is 51.4 Å². The number of carbonyl (C=O) groups excluding carboxylic acids is 1. The first-order valence-corrected chi connectivity index (χ1v) is 23.7. The molecule has 2 amide bonds. The normalized spacial score (nSPS) is 14.5. The predicted octanol–water partition coefficient (Wildman–Crippen LogP) is 13.9. The van der Waals surface area contributed by atoms with Gasteiger partial charge in [0.25, 0.3) is 0 Å². The van der Waals surface area contributed by atoms with E-state index in [4.69, 9.17) is 0 Å². The topological polar surface area (TPSA) is 30.0 Å². The fourth-order valence-electron chi connectivity index (χ4n) is 10.1. The van der Waals surface area contributed by atoms with E-state index in [1.807, 2.05) is 0 Å². The Morgan fingerprint density at radius 1 is 0.373 bits per heavy atom. The van der Waals surface area contributed by atoms with Crippen LogP contribution in [0.2, 0.25) is 0 Å². The van der Waals surface area contributed by atoms with Crippen LogP contribution >= 0.6 is 0 Å². The van der Waals surface area contributed by atoms with E-state index in [1.54, 1.807) is 0 Å². The van der Waals surface area contributed by atoms with Crippen molar-refractivity contribution >= 4 is 28.8 Å². The van der Waals surface area contributed by atoms with E-state index in [-0.39, 0.29) is 6.03 Å². The standard InChI is InChI=1S/C54H74N4O/c1-9-21-40-29-17-30-41(22-10-2)49(40)55-37-38-56(50-42(23-11-3)31-18-32-43(50)24-12-4)53(55)48-39-57(51-44(25-13-5)33-19-34-45(51)26-14-6)54(59)58(48)52-46(27-15-7)35-20-36-47(52)28-16-8/h17-20,29-36H,9-16,21-28,37-39H2,1-8H3. The predicted molar refractivity (Wildman–Crippen MR) is 255 cm³/mol. The maximum Gasteiger partial charge on any atom is 0.333 e. The van der Waals surface area contributed by atoms with E-state index in [0.29, 0.717) is 6.54 Å². The van der Waals surface area contributed by atoms with E-state index in [2.05, 4.69) is 148 Å². The zero-order valence-corrected chi connectivity index (χ0v) is 38.1. The number of para-hydroxylation sites is 4. The van der Waals surface area contributed by atoms with Crippen molar-refractivity contribution in [3.05, 3.63) is 129 Å². The van der Waals surface area contributed by atoms with Crippen LogP contribution in [0.1, 0.15) is 151 Å². The summed E-state index contributed by atoms with van der Waals surface area (Å²) in [6.45, 7) is 20.6. The van der Waals surface area contributed by atoms with Gasteiger partial charge in [0, 0.05) is 24.5 Å². The van der Waals surface area contributed by atoms with Gasteiger partial charge in [-0.25, -0.2) is 4.79 Å². The van der Waals surface area contributed by atoms with Gasteiger partial charge in [-0.1, -0.05) is 180 Å². The maximum atomic E-state index is 16.0. The summed E-state index contributed by atoms with van der Waals surface area (Å²) in [6.07, 6.45) is 16.3. The first kappa shape index (κ1) is 44.1. The average Bonchev–Trinajstić information content (AvgIpc) is 3.79. The molecule has 0 spiro atoms. The fraction of sp³-hybridized carbons (Fsp3) is 0.500. The summed E-state index contributed by atoms with van der Waals surface area (Å²) in [7, 11) is 0. The molecule has 5 nitrogen and oxygen atoms in total. The van der Waals surface area contributed by atoms with Gasteiger partial charge in [-0.2, -0.15) is 0 Å². The third-order valence-electron chi connectivity index (χ3n) is 12.3. The van der Waals surface area contributed by atoms with Gasteiger partial charge >= 0.3 is 6.03 Å². The lowest BCUT2D eigenvalue weighted by Crippen LogP contribution is -2.35. The van der Waals surface area contributed by atoms with E-state index in [0.717, 1.165) is 133 Å². The molecule has 2 heterocycles. The minimum atomic E-state index is 0.0902. The molecule has 4 aromatic carbocycles. The maximum absolute atomic E-state index is 16.0. The molecule has 4 aromatic rings. The Bertz CT molecular complexity index is 1900. The molecule has 2 aliphatic heterocycles. The highest BCUT2D eigenvalue weighted by Gasteiger charge is 2.45. The molecule has 0 unspecified atom stereocenters. The van der Waals surface area contributed by atoms with Gasteiger partial charge in [0.2, 0.25) is 0 Å². The first-order valence-electron chi connectivity index (χ1n) is 23.7. The Balaban J connectivity index is 1.77. The Morgan fingerprint density at radius 3 is 0.898 bits per heavy atom. The Labute approximate surface area is 358 Å². The van der Waals surface area contributed by atoms with Gasteiger partial charge in [-0.15, -0.1) is 0 Å². The van der Waals surface area contributed by atoms with Gasteiger partial charge < -0.3 is 9.80 Å². The number of carbonyl (C=O) groups is 1. The van der Waals surface area contributed by atoms with Crippen molar-refractivity contribution in [2.75, 3.05) is 39.2 Å². The minimum absolute atomic E-state index is 0.0902. The lowest BCUT2D eigenvalue weighted by Gasteiger charge is -2.34. The highest BCUT2D eigenvalue weighted by atomic mass is 16.2. The molecular weight excluding hydrogens is 721 g/mol. The number of nitrogens with zero attached hydrogens (tertiary/aromatic N) is 4. The van der Waals surface area contributed by atoms with Crippen LogP contribution in [0.15, 0.2) is 84.3 Å². The van der Waals surface area contributed by atoms with Crippen LogP contribution in [0.4, 0.5) is 27.5 Å². The van der Waals surface area contributed by atoms with Crippen molar-refractivity contribution in [2.45, 2.75) is 158 Å². The quantitative estimate of drug-likeness (QED) is 0.0892. The SMILES string of the molecule is CCCc1cccc(CCC)c1N1CC(=C2N(c3c(CCC)cccc3CCC)CCN2c2c(CCC)cccc2CCC)N(c2c(CCC)cccc2CCC)C1=O. The molecule has 59 heavy (non-hydrogen) atoms. The summed E-state index contributed by atoms with van der Waals surface area (Å²) < 4.78 is 0. The molecular formula is C54H74N4O. The highest BCUT2D eigenvalue weighted by molar-refractivity contribution is 6.11. The van der Waals surface area contributed by atoms with Crippen LogP contribution in [0.25, 0.3) is 0 Å². The number of hydrogen-bond acceptors (Lipinski definition) is 3. The van der Waals surface area contributed by atoms with Gasteiger partial charge in [0.1, 0.15) is 5.82 Å². The van der Waals surface area contributed by atoms with Crippen molar-refractivity contribution in [3.8, 4) is 0 Å². The minimum Gasteiger partial charge on any atom is -0.324 e. The molecule has 0 aromatic heterocycles. The van der Waals surface area contributed by atoms with Crippen LogP contribution in [0.3, 0.4) is 0 Å². The lowest BCUT2D eigenvalue weighted by molar-refractivity contribution is 0.256. The highest BCUT2D eigenvalue weighted by Crippen LogP contribution is 2.46. The molecule has 2 aliphatic rings. The van der Waals surface area contributed by atoms with E-state index in [1.165, 1.54) is 61.7 Å². The molecule has 0 N–H and O–H groups in total. The molecule has 0 radical (unpaired) electrons. The van der Waals surface area contributed by atoms with Crippen molar-refractivity contribution in [2.24, 2.45) is 0 Å². The van der Waals surface area contributed by atoms with Gasteiger partial charge in [0.05, 0.1) is 23.6 Å². The molecule has 5 heteroatoms. The number of anilines is 4. The number of hydrogen-bond donors (Lipinski definition) is 0. The third kappa shape index (κ3) is 9.15. The zero-order chi connectivity index (χ0) is 41.9. The smallest absolute Gasteiger partial charge is 0.324 e. The second kappa shape index (κ2) is 21.1. The van der Waals surface area contributed by atoms with Crippen LogP contribution in [0, 0.1) is 0 Å². The summed E-state index contributed by atoms with van der Waals surface area (Å²) in [6, 6.07) is 27.7. The van der Waals surface area contributed by atoms with Gasteiger partial charge in [-0.3, -0.25) is 9.80 Å². The van der Waals surface area contributed by atoms with Gasteiger partial charge in [0.15, 0.2) is 0 Å². The van der Waals surface area contributed by atoms with E-state index < -0.39 is 0 Å². The Kier molecular flexibility index (Phi) is 15.8. The summed E-state index contributed by atoms with van der Waals surface area (Å²) in [4.78, 5) is 25.8. The number of urea groups is 1. The lowest BCUT2D eigenvalue weighted by atomic mass is 9.97. The van der Waals surface area contributed by atoms with Crippen molar-refractivity contribution in [3.63, 3.8) is 0 Å². The van der Waals surface area contributed by atoms with E-state index >= 15 is 4.79 Å². The summed E-state index contributed by atoms with van der Waals surface area (Å²) in [5.41, 5.74) is 16.9. The number of benzene rings is 4. The fourth-order valence-corrected chi connectivity index (χ4v) is 10.1. The van der Waals surface area contributed by atoms with Gasteiger partial charge in [-0.05, 0) is 95.9 Å². The number of amides is 2. The molecule has 2 saturated heterocycles. The molecule has 2 fully saturated rings. The average molecular weight is 795 g/mol. The van der Waals surface area contributed by atoms with Crippen molar-refractivity contribution in [1.29, 1.82) is 0 Å². The van der Waals surface area contributed by atoms with Crippen LogP contribution in [0.5, 0.6) is 0 Å². The molecule has 316 valence electrons. The largest absolute Gasteiger partial charge is 0.333 e. The third-order valence-corrected chi connectivity index (χ3v) is 12.3. The zero-order valence-electron chi connectivity index (χ0n) is 38.1. The summed E-state index contributed by atoms with van der Waals surface area (Å²) in [5, 5.41) is 0. The van der Waals surface area contributed by atoms with Crippen LogP contribution in [-0.4, -0.2) is 25.7 Å². The van der Waals surface area contributed by atoms with Crippen molar-refractivity contribution in [1.82, 2.24) is 0 Å². The van der Waals surface area contributed by atoms with Crippen LogP contribution < -0.4 is 19.6 Å². The molecule has 0 aliphatic carbocycles. The number of aryl methyl sites for hydroxylation is 8. The second-order valence-electron chi connectivity index (χ2n) is 17.0. The molecule has 0 atom stereocenters. The van der Waals surface area contributed by atoms with Crippen molar-refractivity contribution < 1.29 is 4.79 Å². The Hall–Kier alpha value is -4.51. The van der Waals surface area contributed by atoms with E-state index in [9.17, 15) is 0 Å². The monoisotopic (exact) mass is 795 g/mol. The second-order valence-corrected chi connectivity index (χ2v) is 17.0. The number of rotatable bonds is 20. The first-order chi connectivity index (χ1) is 28.9. The molecule has 0 bridgehead atoms. The molecule has 6 rings (SSSR count). The summed E-state index contributed by atoms with van der Waals surface area (Å²) >= 11 is 0. The summed E-state index contributed by atoms with van der Waals surface area (Å²) in [5.74, 6) is 1.20. The Morgan fingerprint density at radius 2 is 0.627 bits per heavy atom. The molecule has 0 saturated carbocycles.